The number of allylic oxidation sites excluding steroid dienone is 2. The van der Waals surface area contributed by atoms with Crippen LogP contribution in [-0.4, -0.2) is 36.0 Å². The Balaban J connectivity index is 1.89. The van der Waals surface area contributed by atoms with Gasteiger partial charge in [0.25, 0.3) is 0 Å². The summed E-state index contributed by atoms with van der Waals surface area (Å²) in [7, 11) is 0. The monoisotopic (exact) mass is 194 g/mol. The summed E-state index contributed by atoms with van der Waals surface area (Å²) in [4.78, 5) is 13.2. The van der Waals surface area contributed by atoms with Crippen LogP contribution in [0.25, 0.3) is 0 Å². The van der Waals surface area contributed by atoms with Gasteiger partial charge in [-0.25, -0.2) is 0 Å². The predicted octanol–water partition coefficient (Wildman–Crippen LogP) is 0.0147. The minimum atomic E-state index is -0.307. The first-order valence-electron chi connectivity index (χ1n) is 4.80. The van der Waals surface area contributed by atoms with E-state index in [9.17, 15) is 4.79 Å². The Hall–Kier alpha value is -1.29. The number of likely N-dealkylation sites (tertiary alicyclic amines) is 1. The van der Waals surface area contributed by atoms with Crippen molar-refractivity contribution in [1.29, 1.82) is 0 Å². The van der Waals surface area contributed by atoms with Gasteiger partial charge in [0.05, 0.1) is 18.8 Å². The molecule has 1 saturated heterocycles. The second-order valence-electron chi connectivity index (χ2n) is 3.57. The highest BCUT2D eigenvalue weighted by atomic mass is 16.5. The van der Waals surface area contributed by atoms with E-state index in [1.54, 1.807) is 11.2 Å². The SMILES string of the molecule is N[C@H]1CCN(CC2C=CC=CO2)C1=O. The molecule has 1 unspecified atom stereocenters. The van der Waals surface area contributed by atoms with E-state index in [1.807, 2.05) is 18.2 Å². The number of hydrogen-bond acceptors (Lipinski definition) is 3. The van der Waals surface area contributed by atoms with Crippen molar-refractivity contribution in [1.82, 2.24) is 4.90 Å². The van der Waals surface area contributed by atoms with E-state index in [2.05, 4.69) is 0 Å². The van der Waals surface area contributed by atoms with Crippen molar-refractivity contribution in [2.45, 2.75) is 18.6 Å². The van der Waals surface area contributed by atoms with Gasteiger partial charge in [-0.2, -0.15) is 0 Å². The van der Waals surface area contributed by atoms with Gasteiger partial charge in [0, 0.05) is 6.54 Å². The first-order chi connectivity index (χ1) is 6.77. The molecule has 4 heteroatoms. The van der Waals surface area contributed by atoms with Gasteiger partial charge in [-0.05, 0) is 18.6 Å². The topological polar surface area (TPSA) is 55.6 Å². The Labute approximate surface area is 83.0 Å². The summed E-state index contributed by atoms with van der Waals surface area (Å²) in [5, 5.41) is 0. The van der Waals surface area contributed by atoms with Gasteiger partial charge in [0.15, 0.2) is 0 Å². The Morgan fingerprint density at radius 3 is 3.00 bits per heavy atom. The fraction of sp³-hybridized carbons (Fsp3) is 0.500. The Morgan fingerprint density at radius 2 is 2.43 bits per heavy atom. The molecule has 2 aliphatic rings. The first kappa shape index (κ1) is 9.27. The highest BCUT2D eigenvalue weighted by molar-refractivity contribution is 5.83. The predicted molar refractivity (Wildman–Crippen MR) is 52.3 cm³/mol. The minimum absolute atomic E-state index is 0.0192. The molecule has 0 bridgehead atoms. The van der Waals surface area contributed by atoms with E-state index in [-0.39, 0.29) is 18.1 Å². The Bertz CT molecular complexity index is 286. The maximum atomic E-state index is 11.5. The van der Waals surface area contributed by atoms with E-state index in [4.69, 9.17) is 10.5 Å². The molecule has 0 spiro atoms. The minimum Gasteiger partial charge on any atom is -0.492 e. The molecular formula is C10H14N2O2. The molecule has 0 saturated carbocycles. The standard InChI is InChI=1S/C10H14N2O2/c11-9-4-5-12(10(9)13)7-8-3-1-2-6-14-8/h1-3,6,8-9H,4-5,7,11H2/t8?,9-/m0/s1. The van der Waals surface area contributed by atoms with Crippen LogP contribution in [0.2, 0.25) is 0 Å². The van der Waals surface area contributed by atoms with Gasteiger partial charge in [-0.15, -0.1) is 0 Å². The summed E-state index contributed by atoms with van der Waals surface area (Å²) in [6.45, 7) is 1.35. The molecule has 0 aliphatic carbocycles. The van der Waals surface area contributed by atoms with E-state index in [1.165, 1.54) is 0 Å². The molecule has 1 amide bonds. The molecule has 2 N–H and O–H groups in total. The van der Waals surface area contributed by atoms with Gasteiger partial charge in [-0.1, -0.05) is 6.08 Å². The largest absolute Gasteiger partial charge is 0.492 e. The number of nitrogens with zero attached hydrogens (tertiary/aromatic N) is 1. The molecule has 2 aliphatic heterocycles. The van der Waals surface area contributed by atoms with Crippen LogP contribution in [0.3, 0.4) is 0 Å². The van der Waals surface area contributed by atoms with Crippen LogP contribution >= 0.6 is 0 Å². The zero-order valence-corrected chi connectivity index (χ0v) is 7.93. The van der Waals surface area contributed by atoms with Gasteiger partial charge < -0.3 is 15.4 Å². The van der Waals surface area contributed by atoms with Gasteiger partial charge >= 0.3 is 0 Å². The highest BCUT2D eigenvalue weighted by Gasteiger charge is 2.29. The van der Waals surface area contributed by atoms with Crippen molar-refractivity contribution < 1.29 is 9.53 Å². The van der Waals surface area contributed by atoms with Crippen LogP contribution in [-0.2, 0) is 9.53 Å². The molecule has 2 atom stereocenters. The summed E-state index contributed by atoms with van der Waals surface area (Å²) in [5.41, 5.74) is 5.61. The fourth-order valence-electron chi connectivity index (χ4n) is 1.69. The van der Waals surface area contributed by atoms with Crippen molar-refractivity contribution >= 4 is 5.91 Å². The summed E-state index contributed by atoms with van der Waals surface area (Å²) >= 11 is 0. The number of carbonyl (C=O) groups is 1. The number of amides is 1. The van der Waals surface area contributed by atoms with Crippen molar-refractivity contribution in [3.63, 3.8) is 0 Å². The fourth-order valence-corrected chi connectivity index (χ4v) is 1.69. The Kier molecular flexibility index (Phi) is 2.54. The lowest BCUT2D eigenvalue weighted by Crippen LogP contribution is -2.38. The molecule has 2 heterocycles. The summed E-state index contributed by atoms with van der Waals surface area (Å²) in [6, 6.07) is -0.307. The number of rotatable bonds is 2. The van der Waals surface area contributed by atoms with Crippen LogP contribution < -0.4 is 5.73 Å². The molecule has 0 aromatic heterocycles. The molecule has 0 aromatic rings. The molecule has 2 rings (SSSR count). The lowest BCUT2D eigenvalue weighted by molar-refractivity contribution is -0.129. The van der Waals surface area contributed by atoms with E-state index in [0.29, 0.717) is 6.54 Å². The number of carbonyl (C=O) groups excluding carboxylic acids is 1. The second-order valence-corrected chi connectivity index (χ2v) is 3.57. The molecular weight excluding hydrogens is 180 g/mol. The number of nitrogens with two attached hydrogens (primary N) is 1. The van der Waals surface area contributed by atoms with Crippen molar-refractivity contribution in [2.24, 2.45) is 5.73 Å². The van der Waals surface area contributed by atoms with E-state index < -0.39 is 0 Å². The second kappa shape index (κ2) is 3.84. The van der Waals surface area contributed by atoms with Crippen molar-refractivity contribution in [3.05, 3.63) is 24.5 Å². The van der Waals surface area contributed by atoms with Gasteiger partial charge in [0.1, 0.15) is 6.10 Å². The highest BCUT2D eigenvalue weighted by Crippen LogP contribution is 2.12. The zero-order valence-electron chi connectivity index (χ0n) is 7.93. The average molecular weight is 194 g/mol. The van der Waals surface area contributed by atoms with Crippen LogP contribution in [0, 0.1) is 0 Å². The molecule has 0 radical (unpaired) electrons. The van der Waals surface area contributed by atoms with Gasteiger partial charge in [-0.3, -0.25) is 4.79 Å². The van der Waals surface area contributed by atoms with Gasteiger partial charge in [0.2, 0.25) is 5.91 Å². The summed E-state index contributed by atoms with van der Waals surface area (Å²) in [6.07, 6.45) is 8.07. The molecule has 76 valence electrons. The average Bonchev–Trinajstić information content (AvgIpc) is 2.52. The van der Waals surface area contributed by atoms with Crippen molar-refractivity contribution in [2.75, 3.05) is 13.1 Å². The maximum absolute atomic E-state index is 11.5. The smallest absolute Gasteiger partial charge is 0.239 e. The summed E-state index contributed by atoms with van der Waals surface area (Å²) in [5.74, 6) is 0.0385. The summed E-state index contributed by atoms with van der Waals surface area (Å²) < 4.78 is 5.32. The van der Waals surface area contributed by atoms with Crippen LogP contribution in [0.1, 0.15) is 6.42 Å². The lowest BCUT2D eigenvalue weighted by Gasteiger charge is -2.22. The van der Waals surface area contributed by atoms with Crippen LogP contribution in [0.15, 0.2) is 24.5 Å². The Morgan fingerprint density at radius 1 is 1.57 bits per heavy atom. The maximum Gasteiger partial charge on any atom is 0.239 e. The first-order valence-corrected chi connectivity index (χ1v) is 4.80. The van der Waals surface area contributed by atoms with E-state index >= 15 is 0 Å². The third kappa shape index (κ3) is 1.80. The third-order valence-electron chi connectivity index (χ3n) is 2.51. The normalized spacial score (nSPS) is 30.9. The van der Waals surface area contributed by atoms with Crippen LogP contribution in [0.5, 0.6) is 0 Å². The number of hydrogen-bond donors (Lipinski definition) is 1. The number of ether oxygens (including phenoxy) is 1. The van der Waals surface area contributed by atoms with E-state index in [0.717, 1.165) is 13.0 Å². The lowest BCUT2D eigenvalue weighted by atomic mass is 10.2. The molecule has 0 aromatic carbocycles. The molecule has 14 heavy (non-hydrogen) atoms. The van der Waals surface area contributed by atoms with Crippen LogP contribution in [0.4, 0.5) is 0 Å². The zero-order chi connectivity index (χ0) is 9.97. The molecule has 1 fully saturated rings. The quantitative estimate of drug-likeness (QED) is 0.674. The molecule has 4 nitrogen and oxygen atoms in total. The third-order valence-corrected chi connectivity index (χ3v) is 2.51. The van der Waals surface area contributed by atoms with Crippen molar-refractivity contribution in [3.8, 4) is 0 Å².